The Bertz CT molecular complexity index is 1530. The molecule has 1 aromatic heterocycles. The van der Waals surface area contributed by atoms with E-state index < -0.39 is 5.41 Å². The molecule has 0 bridgehead atoms. The predicted octanol–water partition coefficient (Wildman–Crippen LogP) is 7.06. The number of benzene rings is 3. The van der Waals surface area contributed by atoms with Gasteiger partial charge in [-0.15, -0.1) is 0 Å². The van der Waals surface area contributed by atoms with Gasteiger partial charge in [0.2, 0.25) is 0 Å². The molecule has 0 aliphatic carbocycles. The molecule has 0 spiro atoms. The van der Waals surface area contributed by atoms with Gasteiger partial charge in [0, 0.05) is 9.89 Å². The molecular weight excluding hydrogens is 652 g/mol. The van der Waals surface area contributed by atoms with Crippen LogP contribution in [0.5, 0.6) is 11.5 Å². The standard InChI is InChI=1S/C28H26BrFIN3O3/c1-5-36-24-13-18(12-22(31)25(24)37-16-17-6-9-20(30)10-7-17)15-32-34-26(35)21-14-19(29)8-11-23(21)33-27(34)28(2,3)4/h6-15H,5,16H2,1-4H3. The van der Waals surface area contributed by atoms with Gasteiger partial charge < -0.3 is 9.47 Å². The van der Waals surface area contributed by atoms with Crippen LogP contribution < -0.4 is 15.0 Å². The smallest absolute Gasteiger partial charge is 0.282 e. The van der Waals surface area contributed by atoms with Gasteiger partial charge in [0.15, 0.2) is 11.5 Å². The van der Waals surface area contributed by atoms with Crippen molar-refractivity contribution in [2.75, 3.05) is 6.61 Å². The van der Waals surface area contributed by atoms with Crippen LogP contribution in [0.2, 0.25) is 0 Å². The van der Waals surface area contributed by atoms with E-state index in [1.54, 1.807) is 24.4 Å². The zero-order chi connectivity index (χ0) is 26.7. The predicted molar refractivity (Wildman–Crippen MR) is 156 cm³/mol. The lowest BCUT2D eigenvalue weighted by Gasteiger charge is -2.21. The molecule has 9 heteroatoms. The number of fused-ring (bicyclic) bond motifs is 1. The Labute approximate surface area is 236 Å². The molecule has 6 nitrogen and oxygen atoms in total. The van der Waals surface area contributed by atoms with Gasteiger partial charge in [-0.3, -0.25) is 4.79 Å². The second-order valence-electron chi connectivity index (χ2n) is 9.39. The van der Waals surface area contributed by atoms with Crippen molar-refractivity contribution >= 4 is 55.6 Å². The van der Waals surface area contributed by atoms with E-state index >= 15 is 0 Å². The third-order valence-corrected chi connectivity index (χ3v) is 6.72. The highest BCUT2D eigenvalue weighted by atomic mass is 127. The maximum atomic E-state index is 13.4. The average Bonchev–Trinajstić information content (AvgIpc) is 2.84. The fraction of sp³-hybridized carbons (Fsp3) is 0.250. The molecule has 0 N–H and O–H groups in total. The lowest BCUT2D eigenvalue weighted by molar-refractivity contribution is 0.267. The summed E-state index contributed by atoms with van der Waals surface area (Å²) in [7, 11) is 0. The summed E-state index contributed by atoms with van der Waals surface area (Å²) in [4.78, 5) is 18.2. The van der Waals surface area contributed by atoms with Crippen molar-refractivity contribution in [2.24, 2.45) is 5.10 Å². The normalized spacial score (nSPS) is 11.9. The molecule has 192 valence electrons. The molecule has 0 atom stereocenters. The van der Waals surface area contributed by atoms with E-state index in [0.717, 1.165) is 19.2 Å². The van der Waals surface area contributed by atoms with Crippen LogP contribution in [0.3, 0.4) is 0 Å². The quantitative estimate of drug-likeness (QED) is 0.155. The minimum Gasteiger partial charge on any atom is -0.490 e. The zero-order valence-corrected chi connectivity index (χ0v) is 24.6. The topological polar surface area (TPSA) is 65.7 Å². The van der Waals surface area contributed by atoms with E-state index in [2.05, 4.69) is 43.6 Å². The Morgan fingerprint density at radius 3 is 2.51 bits per heavy atom. The van der Waals surface area contributed by atoms with E-state index in [4.69, 9.17) is 14.5 Å². The van der Waals surface area contributed by atoms with Crippen LogP contribution in [0.4, 0.5) is 4.39 Å². The van der Waals surface area contributed by atoms with Crippen molar-refractivity contribution in [2.45, 2.75) is 39.7 Å². The fourth-order valence-electron chi connectivity index (χ4n) is 3.67. The first-order chi connectivity index (χ1) is 17.6. The molecule has 0 aliphatic rings. The molecule has 4 aromatic rings. The van der Waals surface area contributed by atoms with E-state index in [1.165, 1.54) is 16.8 Å². The molecule has 0 fully saturated rings. The fourth-order valence-corrected chi connectivity index (χ4v) is 4.81. The van der Waals surface area contributed by atoms with Crippen molar-refractivity contribution < 1.29 is 13.9 Å². The molecule has 0 amide bonds. The lowest BCUT2D eigenvalue weighted by Crippen LogP contribution is -2.29. The van der Waals surface area contributed by atoms with E-state index in [1.807, 2.05) is 52.0 Å². The van der Waals surface area contributed by atoms with Crippen molar-refractivity contribution in [1.82, 2.24) is 9.66 Å². The summed E-state index contributed by atoms with van der Waals surface area (Å²) >= 11 is 5.62. The number of halogens is 3. The van der Waals surface area contributed by atoms with Gasteiger partial charge in [-0.25, -0.2) is 9.37 Å². The zero-order valence-electron chi connectivity index (χ0n) is 20.9. The average molecular weight is 678 g/mol. The van der Waals surface area contributed by atoms with Crippen molar-refractivity contribution in [3.8, 4) is 11.5 Å². The van der Waals surface area contributed by atoms with E-state index in [9.17, 15) is 9.18 Å². The number of rotatable bonds is 7. The van der Waals surface area contributed by atoms with Gasteiger partial charge >= 0.3 is 0 Å². The van der Waals surface area contributed by atoms with Crippen molar-refractivity contribution in [1.29, 1.82) is 0 Å². The van der Waals surface area contributed by atoms with Gasteiger partial charge in [-0.2, -0.15) is 9.78 Å². The Hall–Kier alpha value is -2.79. The Balaban J connectivity index is 1.72. The van der Waals surface area contributed by atoms with Gasteiger partial charge in [0.05, 0.1) is 27.3 Å². The molecule has 0 saturated carbocycles. The number of hydrogen-bond acceptors (Lipinski definition) is 5. The van der Waals surface area contributed by atoms with Gasteiger partial charge in [0.25, 0.3) is 5.56 Å². The van der Waals surface area contributed by atoms with Crippen LogP contribution in [0.25, 0.3) is 10.9 Å². The first kappa shape index (κ1) is 27.3. The SMILES string of the molecule is CCOc1cc(C=Nn2c(C(C)(C)C)nc3ccc(Br)cc3c2=O)cc(I)c1OCc1ccc(F)cc1. The number of aromatic nitrogens is 2. The Morgan fingerprint density at radius 1 is 1.11 bits per heavy atom. The third kappa shape index (κ3) is 6.38. The van der Waals surface area contributed by atoms with Gasteiger partial charge in [-0.1, -0.05) is 48.8 Å². The van der Waals surface area contributed by atoms with Crippen LogP contribution in [-0.2, 0) is 12.0 Å². The molecule has 0 radical (unpaired) electrons. The Morgan fingerprint density at radius 2 is 1.84 bits per heavy atom. The van der Waals surface area contributed by atoms with Crippen LogP contribution in [0.1, 0.15) is 44.6 Å². The maximum Gasteiger partial charge on any atom is 0.282 e. The lowest BCUT2D eigenvalue weighted by atomic mass is 9.95. The summed E-state index contributed by atoms with van der Waals surface area (Å²) in [5, 5.41) is 5.04. The highest BCUT2D eigenvalue weighted by molar-refractivity contribution is 14.1. The molecule has 0 saturated heterocycles. The third-order valence-electron chi connectivity index (χ3n) is 5.43. The number of nitrogens with zero attached hydrogens (tertiary/aromatic N) is 3. The minimum absolute atomic E-state index is 0.244. The summed E-state index contributed by atoms with van der Waals surface area (Å²) in [6.07, 6.45) is 1.62. The van der Waals surface area contributed by atoms with Crippen LogP contribution >= 0.6 is 38.5 Å². The summed E-state index contributed by atoms with van der Waals surface area (Å²) in [5.74, 6) is 1.41. The van der Waals surface area contributed by atoms with Crippen LogP contribution in [0.15, 0.2) is 69.0 Å². The maximum absolute atomic E-state index is 13.4. The van der Waals surface area contributed by atoms with Crippen LogP contribution in [0, 0.1) is 9.39 Å². The minimum atomic E-state index is -0.416. The van der Waals surface area contributed by atoms with Gasteiger partial charge in [-0.05, 0) is 83.1 Å². The van der Waals surface area contributed by atoms with Gasteiger partial charge in [0.1, 0.15) is 18.2 Å². The molecule has 3 aromatic carbocycles. The first-order valence-corrected chi connectivity index (χ1v) is 13.5. The molecule has 0 unspecified atom stereocenters. The molecular formula is C28H26BrFIN3O3. The summed E-state index contributed by atoms with van der Waals surface area (Å²) in [6.45, 7) is 8.59. The summed E-state index contributed by atoms with van der Waals surface area (Å²) < 4.78 is 28.1. The molecule has 37 heavy (non-hydrogen) atoms. The highest BCUT2D eigenvalue weighted by Crippen LogP contribution is 2.34. The number of ether oxygens (including phenoxy) is 2. The summed E-state index contributed by atoms with van der Waals surface area (Å²) in [6, 6.07) is 15.3. The second-order valence-corrected chi connectivity index (χ2v) is 11.5. The van der Waals surface area contributed by atoms with Crippen molar-refractivity contribution in [3.63, 3.8) is 0 Å². The highest BCUT2D eigenvalue weighted by Gasteiger charge is 2.23. The first-order valence-electron chi connectivity index (χ1n) is 11.7. The van der Waals surface area contributed by atoms with Crippen molar-refractivity contribution in [3.05, 3.63) is 95.8 Å². The number of hydrogen-bond donors (Lipinski definition) is 0. The molecule has 0 aliphatic heterocycles. The molecule has 4 rings (SSSR count). The Kier molecular flexibility index (Phi) is 8.33. The van der Waals surface area contributed by atoms with E-state index in [-0.39, 0.29) is 18.0 Å². The van der Waals surface area contributed by atoms with Crippen LogP contribution in [-0.4, -0.2) is 22.5 Å². The monoisotopic (exact) mass is 677 g/mol. The molecule has 1 heterocycles. The second kappa shape index (κ2) is 11.3. The summed E-state index contributed by atoms with van der Waals surface area (Å²) in [5.41, 5.74) is 1.55. The largest absolute Gasteiger partial charge is 0.490 e. The van der Waals surface area contributed by atoms with E-state index in [0.29, 0.717) is 34.8 Å².